The molecule has 2 nitrogen and oxygen atoms in total. The standard InChI is InChI=1S/C17H30N2S/c1-7-13-8-9-17(10-13,19-12(2)3)15-18-14(11-20-15)16(4,5)6/h11-13,19H,7-10H2,1-6H3. The lowest BCUT2D eigenvalue weighted by Crippen LogP contribution is -2.44. The lowest BCUT2D eigenvalue weighted by atomic mass is 9.92. The molecule has 0 bridgehead atoms. The topological polar surface area (TPSA) is 24.9 Å². The van der Waals surface area contributed by atoms with Crippen molar-refractivity contribution < 1.29 is 0 Å². The van der Waals surface area contributed by atoms with Crippen molar-refractivity contribution >= 4 is 11.3 Å². The maximum atomic E-state index is 5.01. The van der Waals surface area contributed by atoms with Crippen molar-refractivity contribution in [1.29, 1.82) is 0 Å². The summed E-state index contributed by atoms with van der Waals surface area (Å²) in [5, 5.41) is 7.42. The van der Waals surface area contributed by atoms with Crippen molar-refractivity contribution in [3.63, 3.8) is 0 Å². The van der Waals surface area contributed by atoms with Crippen molar-refractivity contribution in [3.05, 3.63) is 16.1 Å². The molecule has 2 unspecified atom stereocenters. The molecule has 0 saturated heterocycles. The second kappa shape index (κ2) is 5.76. The lowest BCUT2D eigenvalue weighted by molar-refractivity contribution is 0.297. The molecule has 1 aromatic heterocycles. The Morgan fingerprint density at radius 1 is 1.45 bits per heavy atom. The molecule has 2 rings (SSSR count). The summed E-state index contributed by atoms with van der Waals surface area (Å²) in [6, 6.07) is 0.507. The van der Waals surface area contributed by atoms with Crippen molar-refractivity contribution in [2.75, 3.05) is 0 Å². The Morgan fingerprint density at radius 2 is 2.15 bits per heavy atom. The van der Waals surface area contributed by atoms with Crippen LogP contribution in [0.25, 0.3) is 0 Å². The van der Waals surface area contributed by atoms with E-state index in [-0.39, 0.29) is 11.0 Å². The Kier molecular flexibility index (Phi) is 4.60. The van der Waals surface area contributed by atoms with Crippen LogP contribution < -0.4 is 5.32 Å². The number of aromatic nitrogens is 1. The molecule has 1 N–H and O–H groups in total. The van der Waals surface area contributed by atoms with Crippen LogP contribution in [0.5, 0.6) is 0 Å². The van der Waals surface area contributed by atoms with Crippen molar-refractivity contribution in [3.8, 4) is 0 Å². The molecule has 0 spiro atoms. The smallest absolute Gasteiger partial charge is 0.113 e. The number of nitrogens with one attached hydrogen (secondary N) is 1. The van der Waals surface area contributed by atoms with E-state index in [1.807, 2.05) is 11.3 Å². The summed E-state index contributed by atoms with van der Waals surface area (Å²) in [6.07, 6.45) is 5.11. The minimum absolute atomic E-state index is 0.128. The molecule has 114 valence electrons. The van der Waals surface area contributed by atoms with Gasteiger partial charge in [0.05, 0.1) is 11.2 Å². The van der Waals surface area contributed by atoms with E-state index >= 15 is 0 Å². The van der Waals surface area contributed by atoms with Crippen LogP contribution in [0.1, 0.15) is 77.9 Å². The summed E-state index contributed by atoms with van der Waals surface area (Å²) in [5.74, 6) is 0.850. The van der Waals surface area contributed by atoms with Crippen LogP contribution in [0.15, 0.2) is 5.38 Å². The van der Waals surface area contributed by atoms with Gasteiger partial charge in [-0.05, 0) is 39.0 Å². The maximum absolute atomic E-state index is 5.01. The van der Waals surface area contributed by atoms with E-state index in [9.17, 15) is 0 Å². The second-order valence-electron chi connectivity index (χ2n) is 7.69. The number of thiazole rings is 1. The van der Waals surface area contributed by atoms with Gasteiger partial charge in [-0.2, -0.15) is 0 Å². The maximum Gasteiger partial charge on any atom is 0.113 e. The van der Waals surface area contributed by atoms with Crippen molar-refractivity contribution in [2.24, 2.45) is 5.92 Å². The monoisotopic (exact) mass is 294 g/mol. The minimum atomic E-state index is 0.128. The first-order chi connectivity index (χ1) is 9.27. The Bertz CT molecular complexity index is 444. The summed E-state index contributed by atoms with van der Waals surface area (Å²) in [7, 11) is 0. The van der Waals surface area contributed by atoms with Crippen LogP contribution >= 0.6 is 11.3 Å². The number of rotatable bonds is 4. The molecule has 1 saturated carbocycles. The van der Waals surface area contributed by atoms with E-state index in [2.05, 4.69) is 52.2 Å². The second-order valence-corrected chi connectivity index (χ2v) is 8.54. The molecular weight excluding hydrogens is 264 g/mol. The SMILES string of the molecule is CCC1CCC(NC(C)C)(c2nc(C(C)(C)C)cs2)C1. The lowest BCUT2D eigenvalue weighted by Gasteiger charge is -2.31. The van der Waals surface area contributed by atoms with E-state index in [1.54, 1.807) is 0 Å². The largest absolute Gasteiger partial charge is 0.303 e. The zero-order valence-corrected chi connectivity index (χ0v) is 14.7. The van der Waals surface area contributed by atoms with E-state index in [1.165, 1.54) is 36.4 Å². The highest BCUT2D eigenvalue weighted by Crippen LogP contribution is 2.45. The third-order valence-corrected chi connectivity index (χ3v) is 5.49. The molecule has 0 amide bonds. The van der Waals surface area contributed by atoms with Gasteiger partial charge in [0.1, 0.15) is 5.01 Å². The summed E-state index contributed by atoms with van der Waals surface area (Å²) >= 11 is 1.85. The summed E-state index contributed by atoms with van der Waals surface area (Å²) in [4.78, 5) is 5.01. The highest BCUT2D eigenvalue weighted by Gasteiger charge is 2.42. The molecule has 0 radical (unpaired) electrons. The van der Waals surface area contributed by atoms with Gasteiger partial charge >= 0.3 is 0 Å². The van der Waals surface area contributed by atoms with E-state index in [0.29, 0.717) is 6.04 Å². The Morgan fingerprint density at radius 3 is 2.60 bits per heavy atom. The molecule has 1 fully saturated rings. The van der Waals surface area contributed by atoms with Crippen LogP contribution in [0, 0.1) is 5.92 Å². The fourth-order valence-electron chi connectivity index (χ4n) is 3.27. The predicted molar refractivity (Wildman–Crippen MR) is 88.4 cm³/mol. The Labute approximate surface area is 128 Å². The fraction of sp³-hybridized carbons (Fsp3) is 0.824. The van der Waals surface area contributed by atoms with Gasteiger partial charge in [0.2, 0.25) is 0 Å². The van der Waals surface area contributed by atoms with Gasteiger partial charge in [0.25, 0.3) is 0 Å². The van der Waals surface area contributed by atoms with Crippen LogP contribution in [0.4, 0.5) is 0 Å². The normalized spacial score (nSPS) is 27.4. The molecule has 0 aromatic carbocycles. The predicted octanol–water partition coefficient (Wildman–Crippen LogP) is 4.84. The van der Waals surface area contributed by atoms with Gasteiger partial charge in [-0.15, -0.1) is 11.3 Å². The van der Waals surface area contributed by atoms with Crippen LogP contribution in [0.3, 0.4) is 0 Å². The first kappa shape index (κ1) is 16.0. The van der Waals surface area contributed by atoms with Gasteiger partial charge in [0, 0.05) is 16.8 Å². The average molecular weight is 295 g/mol. The van der Waals surface area contributed by atoms with Gasteiger partial charge < -0.3 is 5.32 Å². The average Bonchev–Trinajstić information content (AvgIpc) is 2.93. The zero-order chi connectivity index (χ0) is 15.0. The molecule has 2 atom stereocenters. The van der Waals surface area contributed by atoms with E-state index in [0.717, 1.165) is 5.92 Å². The molecule has 20 heavy (non-hydrogen) atoms. The van der Waals surface area contributed by atoms with Crippen LogP contribution in [-0.4, -0.2) is 11.0 Å². The van der Waals surface area contributed by atoms with Gasteiger partial charge in [0.15, 0.2) is 0 Å². The van der Waals surface area contributed by atoms with Crippen LogP contribution in [0.2, 0.25) is 0 Å². The van der Waals surface area contributed by atoms with E-state index < -0.39 is 0 Å². The Hall–Kier alpha value is -0.410. The molecule has 0 aliphatic heterocycles. The summed E-state index contributed by atoms with van der Waals surface area (Å²) in [5.41, 5.74) is 1.52. The molecule has 1 aliphatic carbocycles. The number of nitrogens with zero attached hydrogens (tertiary/aromatic N) is 1. The molecule has 1 heterocycles. The number of hydrogen-bond acceptors (Lipinski definition) is 3. The first-order valence-electron chi connectivity index (χ1n) is 8.01. The third kappa shape index (κ3) is 3.25. The summed E-state index contributed by atoms with van der Waals surface area (Å²) in [6.45, 7) is 13.6. The zero-order valence-electron chi connectivity index (χ0n) is 13.9. The van der Waals surface area contributed by atoms with Crippen molar-refractivity contribution in [1.82, 2.24) is 10.3 Å². The van der Waals surface area contributed by atoms with Gasteiger partial charge in [-0.1, -0.05) is 34.1 Å². The molecule has 3 heteroatoms. The third-order valence-electron chi connectivity index (χ3n) is 4.44. The van der Waals surface area contributed by atoms with Gasteiger partial charge in [-0.25, -0.2) is 4.98 Å². The minimum Gasteiger partial charge on any atom is -0.303 e. The molecule has 1 aromatic rings. The molecule has 1 aliphatic rings. The van der Waals surface area contributed by atoms with Crippen LogP contribution in [-0.2, 0) is 11.0 Å². The molecular formula is C17H30N2S. The van der Waals surface area contributed by atoms with Gasteiger partial charge in [-0.3, -0.25) is 0 Å². The fourth-order valence-corrected chi connectivity index (χ4v) is 4.52. The van der Waals surface area contributed by atoms with E-state index in [4.69, 9.17) is 4.98 Å². The quantitative estimate of drug-likeness (QED) is 0.859. The Balaban J connectivity index is 2.30. The van der Waals surface area contributed by atoms with Crippen molar-refractivity contribution in [2.45, 2.75) is 84.2 Å². The highest BCUT2D eigenvalue weighted by molar-refractivity contribution is 7.09. The highest BCUT2D eigenvalue weighted by atomic mass is 32.1. The first-order valence-corrected chi connectivity index (χ1v) is 8.89. The number of hydrogen-bond donors (Lipinski definition) is 1. The summed E-state index contributed by atoms with van der Waals surface area (Å²) < 4.78 is 0.